The van der Waals surface area contributed by atoms with Gasteiger partial charge in [-0.2, -0.15) is 0 Å². The maximum Gasteiger partial charge on any atom is 0.182 e. The molecule has 0 aliphatic heterocycles. The first-order valence-corrected chi connectivity index (χ1v) is 9.10. The van der Waals surface area contributed by atoms with Crippen LogP contribution in [0.15, 0.2) is 107 Å². The summed E-state index contributed by atoms with van der Waals surface area (Å²) in [6.45, 7) is 0. The van der Waals surface area contributed by atoms with E-state index in [1.807, 2.05) is 72.8 Å². The standard InChI is InChI=1S/C24H16N4/c1-2-8-17(9-3-1)20-16-19-11-5-7-13-22(19)26-24(20)28-27-23-15-14-18-10-4-6-12-21(18)25-23/h1-16H. The molecule has 2 aromatic heterocycles. The highest BCUT2D eigenvalue weighted by atomic mass is 15.2. The number of para-hydroxylation sites is 2. The van der Waals surface area contributed by atoms with Gasteiger partial charge in [-0.1, -0.05) is 66.7 Å². The summed E-state index contributed by atoms with van der Waals surface area (Å²) in [7, 11) is 0. The fourth-order valence-corrected chi connectivity index (χ4v) is 3.22. The van der Waals surface area contributed by atoms with Gasteiger partial charge >= 0.3 is 0 Å². The average Bonchev–Trinajstić information content (AvgIpc) is 2.77. The van der Waals surface area contributed by atoms with Crippen LogP contribution >= 0.6 is 0 Å². The van der Waals surface area contributed by atoms with E-state index in [4.69, 9.17) is 4.98 Å². The average molecular weight is 360 g/mol. The molecule has 4 nitrogen and oxygen atoms in total. The number of fused-ring (bicyclic) bond motifs is 2. The lowest BCUT2D eigenvalue weighted by Crippen LogP contribution is -1.85. The van der Waals surface area contributed by atoms with Crippen LogP contribution in [0.1, 0.15) is 0 Å². The monoisotopic (exact) mass is 360 g/mol. The normalized spacial score (nSPS) is 11.4. The number of aromatic nitrogens is 2. The summed E-state index contributed by atoms with van der Waals surface area (Å²) in [5.41, 5.74) is 3.79. The number of nitrogens with zero attached hydrogens (tertiary/aromatic N) is 4. The van der Waals surface area contributed by atoms with Gasteiger partial charge < -0.3 is 0 Å². The number of hydrogen-bond acceptors (Lipinski definition) is 4. The van der Waals surface area contributed by atoms with Crippen LogP contribution in [-0.2, 0) is 0 Å². The van der Waals surface area contributed by atoms with Crippen LogP contribution in [0.3, 0.4) is 0 Å². The van der Waals surface area contributed by atoms with E-state index in [1.54, 1.807) is 0 Å². The van der Waals surface area contributed by atoms with Crippen molar-refractivity contribution < 1.29 is 0 Å². The quantitative estimate of drug-likeness (QED) is 0.330. The zero-order valence-electron chi connectivity index (χ0n) is 15.0. The highest BCUT2D eigenvalue weighted by Gasteiger charge is 2.09. The second kappa shape index (κ2) is 7.00. The van der Waals surface area contributed by atoms with Crippen molar-refractivity contribution in [2.24, 2.45) is 10.2 Å². The maximum absolute atomic E-state index is 4.74. The van der Waals surface area contributed by atoms with E-state index in [0.717, 1.165) is 32.9 Å². The Morgan fingerprint density at radius 2 is 1.21 bits per heavy atom. The molecule has 132 valence electrons. The molecule has 0 fully saturated rings. The van der Waals surface area contributed by atoms with Crippen molar-refractivity contribution in [3.8, 4) is 11.1 Å². The Morgan fingerprint density at radius 1 is 0.536 bits per heavy atom. The number of pyridine rings is 2. The number of rotatable bonds is 3. The third-order valence-electron chi connectivity index (χ3n) is 4.62. The molecule has 0 atom stereocenters. The Hall–Kier alpha value is -3.92. The van der Waals surface area contributed by atoms with Crippen molar-refractivity contribution in [1.82, 2.24) is 9.97 Å². The molecule has 4 heteroatoms. The van der Waals surface area contributed by atoms with Gasteiger partial charge in [0.1, 0.15) is 0 Å². The van der Waals surface area contributed by atoms with Gasteiger partial charge in [-0.15, -0.1) is 10.2 Å². The molecule has 0 saturated heterocycles. The lowest BCUT2D eigenvalue weighted by Gasteiger charge is -2.07. The van der Waals surface area contributed by atoms with Crippen molar-refractivity contribution in [2.45, 2.75) is 0 Å². The van der Waals surface area contributed by atoms with Crippen LogP contribution in [0.5, 0.6) is 0 Å². The van der Waals surface area contributed by atoms with Gasteiger partial charge in [0.2, 0.25) is 0 Å². The number of benzene rings is 3. The highest BCUT2D eigenvalue weighted by molar-refractivity contribution is 5.88. The Balaban J connectivity index is 1.63. The first-order valence-electron chi connectivity index (χ1n) is 9.10. The molecule has 0 N–H and O–H groups in total. The van der Waals surface area contributed by atoms with Crippen LogP contribution in [-0.4, -0.2) is 9.97 Å². The molecule has 0 radical (unpaired) electrons. The first kappa shape index (κ1) is 16.3. The topological polar surface area (TPSA) is 50.5 Å². The predicted octanol–water partition coefficient (Wildman–Crippen LogP) is 6.87. The number of hydrogen-bond donors (Lipinski definition) is 0. The van der Waals surface area contributed by atoms with Crippen LogP contribution in [0.4, 0.5) is 11.6 Å². The molecule has 0 unspecified atom stereocenters. The largest absolute Gasteiger partial charge is 0.227 e. The smallest absolute Gasteiger partial charge is 0.182 e. The lowest BCUT2D eigenvalue weighted by molar-refractivity contribution is 1.14. The summed E-state index contributed by atoms with van der Waals surface area (Å²) in [5.74, 6) is 1.15. The van der Waals surface area contributed by atoms with Crippen LogP contribution in [0.2, 0.25) is 0 Å². The molecule has 0 saturated carbocycles. The molecular weight excluding hydrogens is 344 g/mol. The number of azo groups is 1. The molecule has 0 spiro atoms. The highest BCUT2D eigenvalue weighted by Crippen LogP contribution is 2.32. The summed E-state index contributed by atoms with van der Waals surface area (Å²) in [5, 5.41) is 11.0. The molecular formula is C24H16N4. The zero-order valence-corrected chi connectivity index (χ0v) is 15.0. The van der Waals surface area contributed by atoms with Crippen LogP contribution in [0.25, 0.3) is 32.9 Å². The minimum absolute atomic E-state index is 0.563. The minimum atomic E-state index is 0.563. The van der Waals surface area contributed by atoms with Crippen molar-refractivity contribution in [3.63, 3.8) is 0 Å². The van der Waals surface area contributed by atoms with Crippen LogP contribution in [0, 0.1) is 0 Å². The summed E-state index contributed by atoms with van der Waals surface area (Å²) >= 11 is 0. The summed E-state index contributed by atoms with van der Waals surface area (Å²) < 4.78 is 0. The fraction of sp³-hybridized carbons (Fsp3) is 0. The zero-order chi connectivity index (χ0) is 18.8. The predicted molar refractivity (Wildman–Crippen MR) is 113 cm³/mol. The molecule has 28 heavy (non-hydrogen) atoms. The van der Waals surface area contributed by atoms with Gasteiger partial charge in [-0.05, 0) is 35.9 Å². The Bertz CT molecular complexity index is 1310. The molecule has 0 amide bonds. The van der Waals surface area contributed by atoms with Gasteiger partial charge in [0.15, 0.2) is 11.6 Å². The third kappa shape index (κ3) is 3.12. The van der Waals surface area contributed by atoms with Gasteiger partial charge in [0.05, 0.1) is 11.0 Å². The van der Waals surface area contributed by atoms with E-state index in [1.165, 1.54) is 0 Å². The summed E-state index contributed by atoms with van der Waals surface area (Å²) in [4.78, 5) is 9.31. The minimum Gasteiger partial charge on any atom is -0.227 e. The molecule has 3 aromatic carbocycles. The molecule has 0 aliphatic carbocycles. The van der Waals surface area contributed by atoms with Gasteiger partial charge in [0, 0.05) is 16.3 Å². The maximum atomic E-state index is 4.74. The molecule has 2 heterocycles. The Morgan fingerprint density at radius 3 is 2.04 bits per heavy atom. The molecule has 0 bridgehead atoms. The van der Waals surface area contributed by atoms with E-state index >= 15 is 0 Å². The Labute approximate surface area is 162 Å². The van der Waals surface area contributed by atoms with E-state index in [2.05, 4.69) is 39.5 Å². The van der Waals surface area contributed by atoms with E-state index in [0.29, 0.717) is 11.6 Å². The van der Waals surface area contributed by atoms with E-state index in [9.17, 15) is 0 Å². The van der Waals surface area contributed by atoms with Crippen LogP contribution < -0.4 is 0 Å². The first-order chi connectivity index (χ1) is 13.9. The Kier molecular flexibility index (Phi) is 4.07. The van der Waals surface area contributed by atoms with Gasteiger partial charge in [-0.3, -0.25) is 0 Å². The van der Waals surface area contributed by atoms with E-state index < -0.39 is 0 Å². The molecule has 5 aromatic rings. The summed E-state index contributed by atoms with van der Waals surface area (Å²) in [6.07, 6.45) is 0. The third-order valence-corrected chi connectivity index (χ3v) is 4.62. The molecule has 0 aliphatic rings. The fourth-order valence-electron chi connectivity index (χ4n) is 3.22. The molecule has 5 rings (SSSR count). The van der Waals surface area contributed by atoms with Crippen molar-refractivity contribution in [1.29, 1.82) is 0 Å². The van der Waals surface area contributed by atoms with Gasteiger partial charge in [0.25, 0.3) is 0 Å². The van der Waals surface area contributed by atoms with Crippen molar-refractivity contribution >= 4 is 33.4 Å². The van der Waals surface area contributed by atoms with E-state index in [-0.39, 0.29) is 0 Å². The van der Waals surface area contributed by atoms with Crippen molar-refractivity contribution in [2.75, 3.05) is 0 Å². The second-order valence-corrected chi connectivity index (χ2v) is 6.48. The summed E-state index contributed by atoms with van der Waals surface area (Å²) in [6, 6.07) is 32.1. The van der Waals surface area contributed by atoms with Gasteiger partial charge in [-0.25, -0.2) is 9.97 Å². The SMILES string of the molecule is c1ccc(-c2cc3ccccc3nc2N=Nc2ccc3ccccc3n2)cc1. The lowest BCUT2D eigenvalue weighted by atomic mass is 10.0. The van der Waals surface area contributed by atoms with Crippen molar-refractivity contribution in [3.05, 3.63) is 97.1 Å². The second-order valence-electron chi connectivity index (χ2n) is 6.48.